The minimum absolute atomic E-state index is 0.0847. The van der Waals surface area contributed by atoms with E-state index >= 15 is 0 Å². The number of nitrogens with zero attached hydrogens (tertiary/aromatic N) is 1. The van der Waals surface area contributed by atoms with E-state index in [9.17, 15) is 14.7 Å². The van der Waals surface area contributed by atoms with E-state index in [1.54, 1.807) is 6.92 Å². The fourth-order valence-electron chi connectivity index (χ4n) is 1.60. The first-order chi connectivity index (χ1) is 8.99. The van der Waals surface area contributed by atoms with Crippen molar-refractivity contribution < 1.29 is 19.8 Å². The third-order valence-corrected chi connectivity index (χ3v) is 2.53. The highest BCUT2D eigenvalue weighted by Crippen LogP contribution is 2.20. The molecular formula is C12H11N3O4. The first kappa shape index (κ1) is 12.6. The molecule has 98 valence electrons. The number of anilines is 1. The first-order valence-corrected chi connectivity index (χ1v) is 5.36. The number of imidazole rings is 1. The quantitative estimate of drug-likeness (QED) is 0.623. The zero-order valence-corrected chi connectivity index (χ0v) is 9.97. The van der Waals surface area contributed by atoms with E-state index < -0.39 is 11.9 Å². The Hall–Kier alpha value is -2.83. The highest BCUT2D eigenvalue weighted by molar-refractivity contribution is 6.08. The molecule has 0 atom stereocenters. The van der Waals surface area contributed by atoms with Crippen LogP contribution in [0.5, 0.6) is 5.75 Å². The molecule has 0 fully saturated rings. The lowest BCUT2D eigenvalue weighted by molar-refractivity contribution is 0.0686. The Morgan fingerprint density at radius 1 is 1.37 bits per heavy atom. The van der Waals surface area contributed by atoms with E-state index in [2.05, 4.69) is 15.3 Å². The Bertz CT molecular complexity index is 648. The van der Waals surface area contributed by atoms with Gasteiger partial charge in [-0.3, -0.25) is 4.79 Å². The maximum Gasteiger partial charge on any atom is 0.354 e. The SMILES string of the molecule is Cc1cc(O)ccc1NC(=O)c1nc[nH]c1C(=O)O. The summed E-state index contributed by atoms with van der Waals surface area (Å²) in [5.74, 6) is -1.81. The maximum absolute atomic E-state index is 11.9. The summed E-state index contributed by atoms with van der Waals surface area (Å²) in [7, 11) is 0. The fraction of sp³-hybridized carbons (Fsp3) is 0.0833. The number of aromatic hydroxyl groups is 1. The van der Waals surface area contributed by atoms with Gasteiger partial charge in [0, 0.05) is 5.69 Å². The van der Waals surface area contributed by atoms with Crippen molar-refractivity contribution in [3.63, 3.8) is 0 Å². The minimum atomic E-state index is -1.26. The number of aromatic amines is 1. The molecule has 4 N–H and O–H groups in total. The van der Waals surface area contributed by atoms with Crippen LogP contribution >= 0.6 is 0 Å². The Morgan fingerprint density at radius 2 is 2.11 bits per heavy atom. The second kappa shape index (κ2) is 4.81. The number of carboxylic acid groups (broad SMARTS) is 1. The molecule has 19 heavy (non-hydrogen) atoms. The third-order valence-electron chi connectivity index (χ3n) is 2.53. The number of carboxylic acids is 1. The van der Waals surface area contributed by atoms with Crippen molar-refractivity contribution in [3.05, 3.63) is 41.5 Å². The molecule has 0 unspecified atom stereocenters. The van der Waals surface area contributed by atoms with Gasteiger partial charge in [-0.05, 0) is 30.7 Å². The number of phenols is 1. The molecule has 2 rings (SSSR count). The number of phenolic OH excluding ortho intramolecular Hbond substituents is 1. The molecule has 0 saturated heterocycles. The van der Waals surface area contributed by atoms with E-state index in [-0.39, 0.29) is 17.1 Å². The molecule has 1 aromatic carbocycles. The summed E-state index contributed by atoms with van der Waals surface area (Å²) in [6.07, 6.45) is 1.14. The lowest BCUT2D eigenvalue weighted by Crippen LogP contribution is -2.17. The predicted octanol–water partition coefficient (Wildman–Crippen LogP) is 1.37. The zero-order chi connectivity index (χ0) is 14.0. The number of aryl methyl sites for hydroxylation is 1. The average molecular weight is 261 g/mol. The second-order valence-corrected chi connectivity index (χ2v) is 3.88. The van der Waals surface area contributed by atoms with Gasteiger partial charge in [0.1, 0.15) is 5.75 Å². The molecule has 0 aliphatic rings. The van der Waals surface area contributed by atoms with Gasteiger partial charge in [0.2, 0.25) is 0 Å². The molecule has 2 aromatic rings. The van der Waals surface area contributed by atoms with E-state index in [0.29, 0.717) is 11.3 Å². The number of H-pyrrole nitrogens is 1. The standard InChI is InChI=1S/C12H11N3O4/c1-6-4-7(16)2-3-8(6)15-11(17)9-10(12(18)19)14-5-13-9/h2-5,16H,1H3,(H,13,14)(H,15,17)(H,18,19). The van der Waals surface area contributed by atoms with Crippen molar-refractivity contribution >= 4 is 17.6 Å². The average Bonchev–Trinajstić information content (AvgIpc) is 2.82. The number of carbonyl (C=O) groups is 2. The predicted molar refractivity (Wildman–Crippen MR) is 66.3 cm³/mol. The number of hydrogen-bond acceptors (Lipinski definition) is 4. The first-order valence-electron chi connectivity index (χ1n) is 5.36. The number of aromatic nitrogens is 2. The van der Waals surface area contributed by atoms with Gasteiger partial charge in [-0.1, -0.05) is 0 Å². The summed E-state index contributed by atoms with van der Waals surface area (Å²) < 4.78 is 0. The molecular weight excluding hydrogens is 250 g/mol. The van der Waals surface area contributed by atoms with Crippen molar-refractivity contribution in [1.29, 1.82) is 0 Å². The van der Waals surface area contributed by atoms with Crippen molar-refractivity contribution in [3.8, 4) is 5.75 Å². The molecule has 0 bridgehead atoms. The number of hydrogen-bond donors (Lipinski definition) is 4. The van der Waals surface area contributed by atoms with Gasteiger partial charge in [0.05, 0.1) is 6.33 Å². The molecule has 0 radical (unpaired) electrons. The highest BCUT2D eigenvalue weighted by Gasteiger charge is 2.20. The molecule has 0 aliphatic heterocycles. The summed E-state index contributed by atoms with van der Waals surface area (Å²) in [4.78, 5) is 28.9. The fourth-order valence-corrected chi connectivity index (χ4v) is 1.60. The van der Waals surface area contributed by atoms with Crippen LogP contribution < -0.4 is 5.32 Å². The van der Waals surface area contributed by atoms with Crippen LogP contribution in [-0.2, 0) is 0 Å². The summed E-state index contributed by atoms with van der Waals surface area (Å²) in [5.41, 5.74) is 0.664. The van der Waals surface area contributed by atoms with Crippen LogP contribution in [0.3, 0.4) is 0 Å². The Labute approximate surface area is 107 Å². The number of benzene rings is 1. The van der Waals surface area contributed by atoms with Gasteiger partial charge in [0.25, 0.3) is 5.91 Å². The Kier molecular flexibility index (Phi) is 3.19. The van der Waals surface area contributed by atoms with E-state index in [1.165, 1.54) is 18.2 Å². The molecule has 1 aromatic heterocycles. The van der Waals surface area contributed by atoms with Crippen LogP contribution in [0, 0.1) is 6.92 Å². The second-order valence-electron chi connectivity index (χ2n) is 3.88. The van der Waals surface area contributed by atoms with Gasteiger partial charge in [-0.15, -0.1) is 0 Å². The number of carbonyl (C=O) groups excluding carboxylic acids is 1. The highest BCUT2D eigenvalue weighted by atomic mass is 16.4. The number of amides is 1. The van der Waals surface area contributed by atoms with Crippen LogP contribution in [0.25, 0.3) is 0 Å². The number of aromatic carboxylic acids is 1. The Morgan fingerprint density at radius 3 is 2.74 bits per heavy atom. The van der Waals surface area contributed by atoms with Crippen LogP contribution in [0.2, 0.25) is 0 Å². The molecule has 1 heterocycles. The van der Waals surface area contributed by atoms with Gasteiger partial charge >= 0.3 is 5.97 Å². The molecule has 0 aliphatic carbocycles. The third kappa shape index (κ3) is 2.54. The normalized spacial score (nSPS) is 10.2. The number of rotatable bonds is 3. The molecule has 7 nitrogen and oxygen atoms in total. The van der Waals surface area contributed by atoms with Gasteiger partial charge < -0.3 is 20.5 Å². The Balaban J connectivity index is 2.26. The maximum atomic E-state index is 11.9. The van der Waals surface area contributed by atoms with Crippen molar-refractivity contribution in [2.45, 2.75) is 6.92 Å². The largest absolute Gasteiger partial charge is 0.508 e. The van der Waals surface area contributed by atoms with Crippen LogP contribution in [0.4, 0.5) is 5.69 Å². The molecule has 1 amide bonds. The summed E-state index contributed by atoms with van der Waals surface area (Å²) in [5, 5.41) is 20.7. The van der Waals surface area contributed by atoms with E-state index in [0.717, 1.165) is 6.33 Å². The van der Waals surface area contributed by atoms with Gasteiger partial charge in [-0.2, -0.15) is 0 Å². The van der Waals surface area contributed by atoms with Crippen molar-refractivity contribution in [1.82, 2.24) is 9.97 Å². The van der Waals surface area contributed by atoms with Gasteiger partial charge in [0.15, 0.2) is 11.4 Å². The minimum Gasteiger partial charge on any atom is -0.508 e. The van der Waals surface area contributed by atoms with Crippen molar-refractivity contribution in [2.75, 3.05) is 5.32 Å². The van der Waals surface area contributed by atoms with Crippen molar-refractivity contribution in [2.24, 2.45) is 0 Å². The van der Waals surface area contributed by atoms with E-state index in [1.807, 2.05) is 0 Å². The summed E-state index contributed by atoms with van der Waals surface area (Å²) in [6, 6.07) is 4.43. The van der Waals surface area contributed by atoms with Crippen LogP contribution in [0.15, 0.2) is 24.5 Å². The lowest BCUT2D eigenvalue weighted by atomic mass is 10.2. The lowest BCUT2D eigenvalue weighted by Gasteiger charge is -2.07. The topological polar surface area (TPSA) is 115 Å². The van der Waals surface area contributed by atoms with Crippen LogP contribution in [-0.4, -0.2) is 32.1 Å². The van der Waals surface area contributed by atoms with Crippen LogP contribution in [0.1, 0.15) is 26.5 Å². The zero-order valence-electron chi connectivity index (χ0n) is 9.97. The van der Waals surface area contributed by atoms with Gasteiger partial charge in [-0.25, -0.2) is 9.78 Å². The number of nitrogens with one attached hydrogen (secondary N) is 2. The summed E-state index contributed by atoms with van der Waals surface area (Å²) >= 11 is 0. The molecule has 0 saturated carbocycles. The molecule has 7 heteroatoms. The smallest absolute Gasteiger partial charge is 0.354 e. The monoisotopic (exact) mass is 261 g/mol. The summed E-state index contributed by atoms with van der Waals surface area (Å²) in [6.45, 7) is 1.71. The van der Waals surface area contributed by atoms with E-state index in [4.69, 9.17) is 5.11 Å². The molecule has 0 spiro atoms.